The van der Waals surface area contributed by atoms with E-state index in [2.05, 4.69) is 14.9 Å². The highest BCUT2D eigenvalue weighted by molar-refractivity contribution is 6.42. The predicted octanol–water partition coefficient (Wildman–Crippen LogP) is 2.90. The largest absolute Gasteiger partial charge is 0.479 e. The summed E-state index contributed by atoms with van der Waals surface area (Å²) in [6, 6.07) is 6.89. The molecule has 1 amide bonds. The summed E-state index contributed by atoms with van der Waals surface area (Å²) in [5, 5.41) is 0.713. The summed E-state index contributed by atoms with van der Waals surface area (Å²) < 4.78 is 5.71. The van der Waals surface area contributed by atoms with E-state index in [0.717, 1.165) is 0 Å². The first kappa shape index (κ1) is 17.8. The maximum absolute atomic E-state index is 12.6. The normalized spacial score (nSPS) is 15.8. The summed E-state index contributed by atoms with van der Waals surface area (Å²) in [6.45, 7) is 4.26. The van der Waals surface area contributed by atoms with Gasteiger partial charge in [0.05, 0.1) is 5.02 Å². The molecule has 0 radical (unpaired) electrons. The molecule has 2 aromatic rings. The Hall–Kier alpha value is -2.05. The second kappa shape index (κ2) is 7.89. The van der Waals surface area contributed by atoms with E-state index in [1.54, 1.807) is 48.5 Å². The zero-order chi connectivity index (χ0) is 17.8. The van der Waals surface area contributed by atoms with Gasteiger partial charge in [0.15, 0.2) is 6.10 Å². The van der Waals surface area contributed by atoms with Crippen molar-refractivity contribution in [3.63, 3.8) is 0 Å². The molecule has 132 valence electrons. The van der Waals surface area contributed by atoms with Crippen LogP contribution in [0.25, 0.3) is 0 Å². The molecule has 2 heterocycles. The molecule has 1 aliphatic rings. The topological polar surface area (TPSA) is 58.6 Å². The lowest BCUT2D eigenvalue weighted by atomic mass is 10.2. The van der Waals surface area contributed by atoms with Crippen molar-refractivity contribution in [3.8, 4) is 5.75 Å². The SMILES string of the molecule is C[C@H](Oc1cccc(Cl)c1Cl)C(=O)N1CCN(c2ncccn2)CC1. The van der Waals surface area contributed by atoms with Crippen LogP contribution in [0.3, 0.4) is 0 Å². The van der Waals surface area contributed by atoms with E-state index in [9.17, 15) is 4.79 Å². The highest BCUT2D eigenvalue weighted by atomic mass is 35.5. The fraction of sp³-hybridized carbons (Fsp3) is 0.353. The van der Waals surface area contributed by atoms with Gasteiger partial charge in [0.2, 0.25) is 5.95 Å². The summed E-state index contributed by atoms with van der Waals surface area (Å²) in [5.41, 5.74) is 0. The van der Waals surface area contributed by atoms with Crippen molar-refractivity contribution < 1.29 is 9.53 Å². The Balaban J connectivity index is 1.58. The fourth-order valence-corrected chi connectivity index (χ4v) is 2.99. The van der Waals surface area contributed by atoms with Gasteiger partial charge in [-0.2, -0.15) is 0 Å². The molecule has 1 aromatic carbocycles. The quantitative estimate of drug-likeness (QED) is 0.815. The lowest BCUT2D eigenvalue weighted by molar-refractivity contribution is -0.138. The van der Waals surface area contributed by atoms with Gasteiger partial charge in [-0.25, -0.2) is 9.97 Å². The van der Waals surface area contributed by atoms with E-state index >= 15 is 0 Å². The number of carbonyl (C=O) groups is 1. The first-order valence-corrected chi connectivity index (χ1v) is 8.73. The molecule has 0 spiro atoms. The third kappa shape index (κ3) is 4.14. The average molecular weight is 381 g/mol. The van der Waals surface area contributed by atoms with Crippen LogP contribution in [0.2, 0.25) is 10.0 Å². The van der Waals surface area contributed by atoms with Gasteiger partial charge in [-0.3, -0.25) is 4.79 Å². The van der Waals surface area contributed by atoms with Crippen molar-refractivity contribution in [2.45, 2.75) is 13.0 Å². The second-order valence-corrected chi connectivity index (χ2v) is 6.46. The number of aromatic nitrogens is 2. The van der Waals surface area contributed by atoms with Gasteiger partial charge in [-0.05, 0) is 25.1 Å². The molecule has 1 saturated heterocycles. The van der Waals surface area contributed by atoms with Crippen LogP contribution in [0.5, 0.6) is 5.75 Å². The van der Waals surface area contributed by atoms with Crippen LogP contribution in [0, 0.1) is 0 Å². The lowest BCUT2D eigenvalue weighted by Gasteiger charge is -2.35. The minimum Gasteiger partial charge on any atom is -0.479 e. The van der Waals surface area contributed by atoms with E-state index in [1.165, 1.54) is 0 Å². The maximum Gasteiger partial charge on any atom is 0.263 e. The summed E-state index contributed by atoms with van der Waals surface area (Å²) >= 11 is 12.1. The molecule has 0 saturated carbocycles. The second-order valence-electron chi connectivity index (χ2n) is 5.67. The molecule has 25 heavy (non-hydrogen) atoms. The van der Waals surface area contributed by atoms with Crippen LogP contribution in [-0.4, -0.2) is 53.1 Å². The smallest absolute Gasteiger partial charge is 0.263 e. The van der Waals surface area contributed by atoms with Gasteiger partial charge in [-0.15, -0.1) is 0 Å². The number of benzene rings is 1. The average Bonchev–Trinajstić information content (AvgIpc) is 2.65. The Morgan fingerprint density at radius 1 is 1.12 bits per heavy atom. The van der Waals surface area contributed by atoms with E-state index in [0.29, 0.717) is 47.9 Å². The third-order valence-electron chi connectivity index (χ3n) is 3.99. The van der Waals surface area contributed by atoms with Crippen LogP contribution < -0.4 is 9.64 Å². The standard InChI is InChI=1S/C17H18Cl2N4O2/c1-12(25-14-5-2-4-13(18)15(14)19)16(24)22-8-10-23(11-9-22)17-20-6-3-7-21-17/h2-7,12H,8-11H2,1H3/t12-/m0/s1. The van der Waals surface area contributed by atoms with Crippen molar-refractivity contribution in [3.05, 3.63) is 46.7 Å². The van der Waals surface area contributed by atoms with Crippen LogP contribution in [-0.2, 0) is 4.79 Å². The first-order chi connectivity index (χ1) is 12.1. The van der Waals surface area contributed by atoms with Crippen molar-refractivity contribution >= 4 is 35.1 Å². The molecular formula is C17H18Cl2N4O2. The number of carbonyl (C=O) groups excluding carboxylic acids is 1. The molecule has 0 unspecified atom stereocenters. The van der Waals surface area contributed by atoms with Gasteiger partial charge in [0, 0.05) is 38.6 Å². The molecule has 3 rings (SSSR count). The Morgan fingerprint density at radius 3 is 2.48 bits per heavy atom. The molecule has 0 aliphatic carbocycles. The predicted molar refractivity (Wildman–Crippen MR) is 97.4 cm³/mol. The Kier molecular flexibility index (Phi) is 5.60. The highest BCUT2D eigenvalue weighted by Crippen LogP contribution is 2.32. The van der Waals surface area contributed by atoms with Gasteiger partial charge in [0.1, 0.15) is 10.8 Å². The van der Waals surface area contributed by atoms with E-state index < -0.39 is 6.10 Å². The van der Waals surface area contributed by atoms with E-state index in [-0.39, 0.29) is 5.91 Å². The van der Waals surface area contributed by atoms with Gasteiger partial charge in [0.25, 0.3) is 5.91 Å². The molecular weight excluding hydrogens is 363 g/mol. The molecule has 0 bridgehead atoms. The van der Waals surface area contributed by atoms with Crippen LogP contribution >= 0.6 is 23.2 Å². The number of rotatable bonds is 4. The van der Waals surface area contributed by atoms with Crippen molar-refractivity contribution in [2.24, 2.45) is 0 Å². The Bertz CT molecular complexity index is 737. The lowest BCUT2D eigenvalue weighted by Crippen LogP contribution is -2.52. The molecule has 8 heteroatoms. The summed E-state index contributed by atoms with van der Waals surface area (Å²) in [7, 11) is 0. The van der Waals surface area contributed by atoms with Crippen LogP contribution in [0.15, 0.2) is 36.7 Å². The number of anilines is 1. The summed E-state index contributed by atoms with van der Waals surface area (Å²) in [6.07, 6.45) is 2.78. The molecule has 1 aliphatic heterocycles. The van der Waals surface area contributed by atoms with Crippen molar-refractivity contribution in [1.82, 2.24) is 14.9 Å². The number of amides is 1. The van der Waals surface area contributed by atoms with Crippen molar-refractivity contribution in [1.29, 1.82) is 0 Å². The summed E-state index contributed by atoms with van der Waals surface area (Å²) in [5.74, 6) is 1.01. The van der Waals surface area contributed by atoms with Gasteiger partial charge >= 0.3 is 0 Å². The van der Waals surface area contributed by atoms with Gasteiger partial charge in [-0.1, -0.05) is 29.3 Å². The third-order valence-corrected chi connectivity index (χ3v) is 4.80. The molecule has 6 nitrogen and oxygen atoms in total. The number of ether oxygens (including phenoxy) is 1. The van der Waals surface area contributed by atoms with Crippen LogP contribution in [0.1, 0.15) is 6.92 Å². The van der Waals surface area contributed by atoms with Crippen LogP contribution in [0.4, 0.5) is 5.95 Å². The Morgan fingerprint density at radius 2 is 1.80 bits per heavy atom. The zero-order valence-corrected chi connectivity index (χ0v) is 15.2. The number of hydrogen-bond donors (Lipinski definition) is 0. The molecule has 0 N–H and O–H groups in total. The fourth-order valence-electron chi connectivity index (χ4n) is 2.65. The summed E-state index contributed by atoms with van der Waals surface area (Å²) in [4.78, 5) is 24.9. The van der Waals surface area contributed by atoms with Crippen molar-refractivity contribution in [2.75, 3.05) is 31.1 Å². The molecule has 1 atom stereocenters. The monoisotopic (exact) mass is 380 g/mol. The maximum atomic E-state index is 12.6. The number of hydrogen-bond acceptors (Lipinski definition) is 5. The number of halogens is 2. The minimum absolute atomic E-state index is 0.0790. The van der Waals surface area contributed by atoms with E-state index in [1.807, 2.05) is 0 Å². The molecule has 1 aromatic heterocycles. The first-order valence-electron chi connectivity index (χ1n) is 7.97. The Labute approximate surface area is 156 Å². The number of piperazine rings is 1. The number of nitrogens with zero attached hydrogens (tertiary/aromatic N) is 4. The highest BCUT2D eigenvalue weighted by Gasteiger charge is 2.27. The zero-order valence-electron chi connectivity index (χ0n) is 13.7. The molecule has 1 fully saturated rings. The van der Waals surface area contributed by atoms with Gasteiger partial charge < -0.3 is 14.5 Å². The van der Waals surface area contributed by atoms with E-state index in [4.69, 9.17) is 27.9 Å². The minimum atomic E-state index is -0.643.